The molecule has 174 valence electrons. The van der Waals surface area contributed by atoms with Crippen molar-refractivity contribution >= 4 is 21.7 Å². The third kappa shape index (κ3) is 4.80. The molecule has 0 aliphatic carbocycles. The van der Waals surface area contributed by atoms with Gasteiger partial charge >= 0.3 is 0 Å². The minimum Gasteiger partial charge on any atom is -0.491 e. The first kappa shape index (κ1) is 22.7. The van der Waals surface area contributed by atoms with Crippen LogP contribution in [0.5, 0.6) is 5.75 Å². The molecule has 0 unspecified atom stereocenters. The van der Waals surface area contributed by atoms with E-state index in [0.717, 1.165) is 30.8 Å². The van der Waals surface area contributed by atoms with E-state index in [1.807, 2.05) is 13.0 Å². The highest BCUT2D eigenvalue weighted by Gasteiger charge is 2.30. The number of piperidine rings is 1. The van der Waals surface area contributed by atoms with Gasteiger partial charge in [-0.3, -0.25) is 0 Å². The van der Waals surface area contributed by atoms with Crippen molar-refractivity contribution in [3.63, 3.8) is 0 Å². The van der Waals surface area contributed by atoms with Crippen LogP contribution in [0.4, 0.5) is 16.0 Å². The molecule has 3 heterocycles. The van der Waals surface area contributed by atoms with Crippen molar-refractivity contribution in [1.29, 1.82) is 0 Å². The number of hydrogen-bond donors (Lipinski definition) is 0. The largest absolute Gasteiger partial charge is 0.491 e. The van der Waals surface area contributed by atoms with E-state index in [1.165, 1.54) is 35.7 Å². The van der Waals surface area contributed by atoms with Gasteiger partial charge in [0, 0.05) is 45.3 Å². The zero-order valence-corrected chi connectivity index (χ0v) is 19.4. The van der Waals surface area contributed by atoms with E-state index in [0.29, 0.717) is 38.6 Å². The van der Waals surface area contributed by atoms with Crippen molar-refractivity contribution in [3.05, 3.63) is 35.9 Å². The van der Waals surface area contributed by atoms with Gasteiger partial charge in [-0.05, 0) is 51.3 Å². The van der Waals surface area contributed by atoms with Crippen molar-refractivity contribution < 1.29 is 17.5 Å². The number of ether oxygens (including phenoxy) is 1. The maximum absolute atomic E-state index is 14.2. The van der Waals surface area contributed by atoms with Crippen molar-refractivity contribution in [1.82, 2.24) is 14.3 Å². The van der Waals surface area contributed by atoms with Crippen LogP contribution in [0.25, 0.3) is 0 Å². The molecule has 2 aliphatic rings. The van der Waals surface area contributed by atoms with Gasteiger partial charge in [0.05, 0.1) is 11.5 Å². The number of rotatable bonds is 6. The Morgan fingerprint density at radius 2 is 1.56 bits per heavy atom. The number of benzene rings is 1. The molecule has 4 rings (SSSR count). The van der Waals surface area contributed by atoms with Gasteiger partial charge in [0.2, 0.25) is 10.0 Å². The molecule has 0 bridgehead atoms. The Morgan fingerprint density at radius 1 is 0.938 bits per heavy atom. The molecule has 0 atom stereocenters. The first-order chi connectivity index (χ1) is 15.4. The first-order valence-corrected chi connectivity index (χ1v) is 12.6. The summed E-state index contributed by atoms with van der Waals surface area (Å²) in [5.74, 6) is 1.85. The molecule has 0 radical (unpaired) electrons. The van der Waals surface area contributed by atoms with Gasteiger partial charge in [-0.15, -0.1) is 0 Å². The van der Waals surface area contributed by atoms with E-state index in [9.17, 15) is 12.8 Å². The third-order valence-corrected chi connectivity index (χ3v) is 7.79. The lowest BCUT2D eigenvalue weighted by molar-refractivity contribution is 0.321. The van der Waals surface area contributed by atoms with Gasteiger partial charge < -0.3 is 14.5 Å². The number of halogens is 1. The third-order valence-electron chi connectivity index (χ3n) is 5.89. The fourth-order valence-corrected chi connectivity index (χ4v) is 5.64. The predicted molar refractivity (Wildman–Crippen MR) is 121 cm³/mol. The van der Waals surface area contributed by atoms with Gasteiger partial charge in [0.1, 0.15) is 17.5 Å². The smallest absolute Gasteiger partial charge is 0.243 e. The van der Waals surface area contributed by atoms with Crippen LogP contribution in [0.15, 0.2) is 29.2 Å². The average molecular weight is 464 g/mol. The van der Waals surface area contributed by atoms with Crippen molar-refractivity contribution in [2.45, 2.75) is 38.0 Å². The zero-order chi connectivity index (χ0) is 22.7. The van der Waals surface area contributed by atoms with Crippen LogP contribution in [0.2, 0.25) is 0 Å². The Hall–Kier alpha value is -2.46. The minimum atomic E-state index is -3.79. The van der Waals surface area contributed by atoms with Gasteiger partial charge in [-0.1, -0.05) is 0 Å². The van der Waals surface area contributed by atoms with Crippen LogP contribution in [0.3, 0.4) is 0 Å². The summed E-state index contributed by atoms with van der Waals surface area (Å²) >= 11 is 0. The Balaban J connectivity index is 1.46. The first-order valence-electron chi connectivity index (χ1n) is 11.2. The summed E-state index contributed by atoms with van der Waals surface area (Å²) in [6.45, 7) is 7.58. The lowest BCUT2D eigenvalue weighted by atomic mass is 10.1. The second kappa shape index (κ2) is 9.58. The molecule has 8 nitrogen and oxygen atoms in total. The predicted octanol–water partition coefficient (Wildman–Crippen LogP) is 2.82. The van der Waals surface area contributed by atoms with E-state index in [-0.39, 0.29) is 10.6 Å². The number of aromatic nitrogens is 2. The normalized spacial score (nSPS) is 18.1. The lowest BCUT2D eigenvalue weighted by Crippen LogP contribution is -2.49. The number of piperazine rings is 1. The van der Waals surface area contributed by atoms with Crippen LogP contribution in [-0.4, -0.2) is 68.6 Å². The minimum absolute atomic E-state index is 0.0555. The van der Waals surface area contributed by atoms with Gasteiger partial charge in [0.15, 0.2) is 11.6 Å². The zero-order valence-electron chi connectivity index (χ0n) is 18.6. The summed E-state index contributed by atoms with van der Waals surface area (Å²) in [7, 11) is -3.79. The maximum atomic E-state index is 14.2. The standard InChI is InChI=1S/C22H30FN5O3S/c1-3-31-20-8-7-18(15-19(20)23)32(29,30)28-13-11-27(12-14-28)22-16-21(24-17(2)25-22)26-9-5-4-6-10-26/h7-8,15-16H,3-6,9-14H2,1-2H3. The highest BCUT2D eigenvalue weighted by Crippen LogP contribution is 2.26. The highest BCUT2D eigenvalue weighted by molar-refractivity contribution is 7.89. The summed E-state index contributed by atoms with van der Waals surface area (Å²) in [4.78, 5) is 13.5. The molecule has 32 heavy (non-hydrogen) atoms. The number of nitrogens with zero attached hydrogens (tertiary/aromatic N) is 5. The number of hydrogen-bond acceptors (Lipinski definition) is 7. The molecule has 0 amide bonds. The molecule has 0 saturated carbocycles. The molecule has 10 heteroatoms. The second-order valence-corrected chi connectivity index (χ2v) is 10.0. The summed E-state index contributed by atoms with van der Waals surface area (Å²) < 4.78 is 46.9. The lowest BCUT2D eigenvalue weighted by Gasteiger charge is -2.35. The van der Waals surface area contributed by atoms with Crippen LogP contribution in [-0.2, 0) is 10.0 Å². The Kier molecular flexibility index (Phi) is 6.80. The molecule has 2 aliphatic heterocycles. The van der Waals surface area contributed by atoms with Crippen molar-refractivity contribution in [2.75, 3.05) is 55.7 Å². The van der Waals surface area contributed by atoms with E-state index >= 15 is 0 Å². The topological polar surface area (TPSA) is 78.9 Å². The van der Waals surface area contributed by atoms with E-state index in [2.05, 4.69) is 19.8 Å². The quantitative estimate of drug-likeness (QED) is 0.652. The summed E-state index contributed by atoms with van der Waals surface area (Å²) in [5.41, 5.74) is 0. The van der Waals surface area contributed by atoms with E-state index in [1.54, 1.807) is 6.92 Å². The molecule has 1 aromatic heterocycles. The van der Waals surface area contributed by atoms with Crippen LogP contribution in [0.1, 0.15) is 32.0 Å². The number of aryl methyl sites for hydroxylation is 1. The fourth-order valence-electron chi connectivity index (χ4n) is 4.20. The van der Waals surface area contributed by atoms with Gasteiger partial charge in [-0.2, -0.15) is 4.31 Å². The molecule has 0 N–H and O–H groups in total. The summed E-state index contributed by atoms with van der Waals surface area (Å²) in [5, 5.41) is 0. The highest BCUT2D eigenvalue weighted by atomic mass is 32.2. The van der Waals surface area contributed by atoms with Crippen LogP contribution < -0.4 is 14.5 Å². The molecule has 2 aromatic rings. The monoisotopic (exact) mass is 463 g/mol. The van der Waals surface area contributed by atoms with Crippen molar-refractivity contribution in [3.8, 4) is 5.75 Å². The molecule has 2 fully saturated rings. The fraction of sp³-hybridized carbons (Fsp3) is 0.545. The Labute approximate surface area is 189 Å². The second-order valence-electron chi connectivity index (χ2n) is 8.10. The Bertz CT molecular complexity index is 1050. The number of anilines is 2. The Morgan fingerprint density at radius 3 is 2.16 bits per heavy atom. The summed E-state index contributed by atoms with van der Waals surface area (Å²) in [6, 6.07) is 5.80. The molecular formula is C22H30FN5O3S. The van der Waals surface area contributed by atoms with E-state index < -0.39 is 15.8 Å². The average Bonchev–Trinajstić information content (AvgIpc) is 2.81. The molecular weight excluding hydrogens is 433 g/mol. The maximum Gasteiger partial charge on any atom is 0.243 e. The van der Waals surface area contributed by atoms with Crippen molar-refractivity contribution in [2.24, 2.45) is 0 Å². The van der Waals surface area contributed by atoms with E-state index in [4.69, 9.17) is 4.74 Å². The SMILES string of the molecule is CCOc1ccc(S(=O)(=O)N2CCN(c3cc(N4CCCCC4)nc(C)n3)CC2)cc1F. The molecule has 1 aromatic carbocycles. The van der Waals surface area contributed by atoms with Gasteiger partial charge in [-0.25, -0.2) is 22.8 Å². The number of sulfonamides is 1. The van der Waals surface area contributed by atoms with Crippen LogP contribution >= 0.6 is 0 Å². The summed E-state index contributed by atoms with van der Waals surface area (Å²) in [6.07, 6.45) is 3.59. The van der Waals surface area contributed by atoms with Gasteiger partial charge in [0.25, 0.3) is 0 Å². The molecule has 0 spiro atoms. The molecule has 2 saturated heterocycles. The van der Waals surface area contributed by atoms with Crippen LogP contribution in [0, 0.1) is 12.7 Å².